The van der Waals surface area contributed by atoms with Gasteiger partial charge in [0.25, 0.3) is 5.91 Å². The van der Waals surface area contributed by atoms with Crippen LogP contribution in [0.4, 0.5) is 0 Å². The number of nitrogens with one attached hydrogen (secondary N) is 1. The molecule has 0 unspecified atom stereocenters. The van der Waals surface area contributed by atoms with Crippen LogP contribution in [-0.4, -0.2) is 35.4 Å². The van der Waals surface area contributed by atoms with Gasteiger partial charge in [0.2, 0.25) is 5.91 Å². The van der Waals surface area contributed by atoms with E-state index in [1.807, 2.05) is 68.4 Å². The van der Waals surface area contributed by atoms with Crippen LogP contribution in [0.2, 0.25) is 5.02 Å². The molecule has 2 amide bonds. The van der Waals surface area contributed by atoms with Crippen LogP contribution >= 0.6 is 27.5 Å². The van der Waals surface area contributed by atoms with Gasteiger partial charge in [0.1, 0.15) is 11.8 Å². The van der Waals surface area contributed by atoms with E-state index in [4.69, 9.17) is 16.3 Å². The first-order valence-corrected chi connectivity index (χ1v) is 12.8. The maximum atomic E-state index is 13.6. The highest BCUT2D eigenvalue weighted by molar-refractivity contribution is 9.10. The summed E-state index contributed by atoms with van der Waals surface area (Å²) in [6, 6.07) is 23.6. The van der Waals surface area contributed by atoms with Gasteiger partial charge in [0, 0.05) is 28.5 Å². The number of benzene rings is 3. The van der Waals surface area contributed by atoms with Crippen LogP contribution in [0, 0.1) is 0 Å². The van der Waals surface area contributed by atoms with Gasteiger partial charge >= 0.3 is 0 Å². The molecule has 184 valence electrons. The predicted octanol–water partition coefficient (Wildman–Crippen LogP) is 6.04. The van der Waals surface area contributed by atoms with Crippen LogP contribution in [0.3, 0.4) is 0 Å². The van der Waals surface area contributed by atoms with Gasteiger partial charge in [-0.3, -0.25) is 9.59 Å². The minimum atomic E-state index is -0.708. The highest BCUT2D eigenvalue weighted by atomic mass is 79.9. The Morgan fingerprint density at radius 3 is 2.40 bits per heavy atom. The van der Waals surface area contributed by atoms with E-state index >= 15 is 0 Å². The fourth-order valence-corrected chi connectivity index (χ4v) is 4.24. The van der Waals surface area contributed by atoms with E-state index in [0.29, 0.717) is 17.2 Å². The third-order valence-electron chi connectivity index (χ3n) is 5.67. The smallest absolute Gasteiger partial charge is 0.261 e. The Morgan fingerprint density at radius 1 is 1.00 bits per heavy atom. The van der Waals surface area contributed by atoms with Crippen molar-refractivity contribution in [2.24, 2.45) is 0 Å². The van der Waals surface area contributed by atoms with Gasteiger partial charge in [-0.25, -0.2) is 0 Å². The molecule has 3 aromatic carbocycles. The van der Waals surface area contributed by atoms with Crippen LogP contribution in [0.1, 0.15) is 31.4 Å². The molecule has 1 N–H and O–H groups in total. The van der Waals surface area contributed by atoms with Crippen molar-refractivity contribution in [3.8, 4) is 5.75 Å². The SMILES string of the molecule is CC[C@@H](C)NC(=O)[C@@H](Cc1ccccc1)N(Cc1cccc(Br)c1)C(=O)COc1cccc(Cl)c1. The maximum absolute atomic E-state index is 13.6. The number of carbonyl (C=O) groups excluding carboxylic acids is 2. The van der Waals surface area contributed by atoms with Crippen molar-refractivity contribution in [3.05, 3.63) is 99.5 Å². The molecular formula is C28H30BrClN2O3. The predicted molar refractivity (Wildman–Crippen MR) is 143 cm³/mol. The van der Waals surface area contributed by atoms with Gasteiger partial charge in [0.15, 0.2) is 6.61 Å². The van der Waals surface area contributed by atoms with Crippen molar-refractivity contribution in [2.75, 3.05) is 6.61 Å². The van der Waals surface area contributed by atoms with E-state index in [1.165, 1.54) is 0 Å². The molecule has 35 heavy (non-hydrogen) atoms. The number of halogens is 2. The second-order valence-electron chi connectivity index (χ2n) is 8.42. The number of hydrogen-bond acceptors (Lipinski definition) is 3. The molecule has 0 saturated carbocycles. The van der Waals surface area contributed by atoms with E-state index in [-0.39, 0.29) is 31.0 Å². The third kappa shape index (κ3) is 8.41. The Morgan fingerprint density at radius 2 is 1.71 bits per heavy atom. The van der Waals surface area contributed by atoms with E-state index in [9.17, 15) is 9.59 Å². The van der Waals surface area contributed by atoms with Crippen molar-refractivity contribution in [3.63, 3.8) is 0 Å². The summed E-state index contributed by atoms with van der Waals surface area (Å²) in [7, 11) is 0. The summed E-state index contributed by atoms with van der Waals surface area (Å²) in [5, 5.41) is 3.59. The normalized spacial score (nSPS) is 12.5. The third-order valence-corrected chi connectivity index (χ3v) is 6.40. The highest BCUT2D eigenvalue weighted by Gasteiger charge is 2.31. The van der Waals surface area contributed by atoms with Crippen molar-refractivity contribution < 1.29 is 14.3 Å². The van der Waals surface area contributed by atoms with Crippen LogP contribution in [0.5, 0.6) is 5.75 Å². The summed E-state index contributed by atoms with van der Waals surface area (Å²) in [6.07, 6.45) is 1.18. The average Bonchev–Trinajstić information content (AvgIpc) is 2.85. The van der Waals surface area contributed by atoms with E-state index < -0.39 is 6.04 Å². The summed E-state index contributed by atoms with van der Waals surface area (Å²) >= 11 is 9.56. The number of hydrogen-bond donors (Lipinski definition) is 1. The number of nitrogens with zero attached hydrogens (tertiary/aromatic N) is 1. The first kappa shape index (κ1) is 26.8. The van der Waals surface area contributed by atoms with E-state index in [1.54, 1.807) is 29.2 Å². The van der Waals surface area contributed by atoms with Gasteiger partial charge in [0.05, 0.1) is 0 Å². The second kappa shape index (κ2) is 13.3. The number of carbonyl (C=O) groups is 2. The van der Waals surface area contributed by atoms with Gasteiger partial charge in [-0.15, -0.1) is 0 Å². The Bertz CT molecular complexity index is 1130. The van der Waals surface area contributed by atoms with Gasteiger partial charge in [-0.05, 0) is 54.8 Å². The Balaban J connectivity index is 1.91. The van der Waals surface area contributed by atoms with Crippen LogP contribution in [-0.2, 0) is 22.6 Å². The lowest BCUT2D eigenvalue weighted by Crippen LogP contribution is -2.53. The lowest BCUT2D eigenvalue weighted by atomic mass is 10.0. The van der Waals surface area contributed by atoms with Crippen molar-refractivity contribution in [1.29, 1.82) is 0 Å². The summed E-state index contributed by atoms with van der Waals surface area (Å²) in [5.74, 6) is 0.0245. The maximum Gasteiger partial charge on any atom is 0.261 e. The first-order valence-electron chi connectivity index (χ1n) is 11.6. The zero-order valence-corrected chi connectivity index (χ0v) is 22.3. The molecule has 7 heteroatoms. The average molecular weight is 558 g/mol. The minimum Gasteiger partial charge on any atom is -0.484 e. The molecule has 0 aliphatic rings. The van der Waals surface area contributed by atoms with E-state index in [0.717, 1.165) is 22.0 Å². The number of amides is 2. The molecule has 0 saturated heterocycles. The molecule has 0 aromatic heterocycles. The van der Waals surface area contributed by atoms with Crippen LogP contribution < -0.4 is 10.1 Å². The van der Waals surface area contributed by atoms with Crippen LogP contribution in [0.25, 0.3) is 0 Å². The fraction of sp³-hybridized carbons (Fsp3) is 0.286. The summed E-state index contributed by atoms with van der Waals surface area (Å²) < 4.78 is 6.66. The second-order valence-corrected chi connectivity index (χ2v) is 9.77. The van der Waals surface area contributed by atoms with Gasteiger partial charge < -0.3 is 15.0 Å². The lowest BCUT2D eigenvalue weighted by molar-refractivity contribution is -0.143. The van der Waals surface area contributed by atoms with Crippen molar-refractivity contribution in [1.82, 2.24) is 10.2 Å². The topological polar surface area (TPSA) is 58.6 Å². The number of ether oxygens (including phenoxy) is 1. The summed E-state index contributed by atoms with van der Waals surface area (Å²) in [4.78, 5) is 28.6. The molecule has 0 fully saturated rings. The molecule has 0 spiro atoms. The Hall–Kier alpha value is -2.83. The Labute approximate surface area is 220 Å². The molecule has 0 aliphatic heterocycles. The standard InChI is InChI=1S/C28H30BrClN2O3/c1-3-20(2)31-28(34)26(16-21-9-5-4-6-10-21)32(18-22-11-7-12-23(29)15-22)27(33)19-35-25-14-8-13-24(30)17-25/h4-15,17,20,26H,3,16,18-19H2,1-2H3,(H,31,34)/t20-,26-/m1/s1. The van der Waals surface area contributed by atoms with Crippen molar-refractivity contribution >= 4 is 39.3 Å². The monoisotopic (exact) mass is 556 g/mol. The molecule has 0 radical (unpaired) electrons. The largest absolute Gasteiger partial charge is 0.484 e. The van der Waals surface area contributed by atoms with Gasteiger partial charge in [-0.1, -0.05) is 83.0 Å². The molecule has 2 atom stereocenters. The molecule has 0 aliphatic carbocycles. The van der Waals surface area contributed by atoms with E-state index in [2.05, 4.69) is 21.2 Å². The van der Waals surface area contributed by atoms with Crippen molar-refractivity contribution in [2.45, 2.75) is 45.3 Å². The molecule has 3 aromatic rings. The minimum absolute atomic E-state index is 0.00805. The summed E-state index contributed by atoms with van der Waals surface area (Å²) in [5.41, 5.74) is 1.88. The molecule has 3 rings (SSSR count). The zero-order chi connectivity index (χ0) is 25.2. The quantitative estimate of drug-likeness (QED) is 0.313. The molecule has 0 bridgehead atoms. The van der Waals surface area contributed by atoms with Gasteiger partial charge in [-0.2, -0.15) is 0 Å². The highest BCUT2D eigenvalue weighted by Crippen LogP contribution is 2.20. The lowest BCUT2D eigenvalue weighted by Gasteiger charge is -2.32. The summed E-state index contributed by atoms with van der Waals surface area (Å²) in [6.45, 7) is 4.03. The van der Waals surface area contributed by atoms with Crippen LogP contribution in [0.15, 0.2) is 83.3 Å². The molecular weight excluding hydrogens is 528 g/mol. The molecule has 0 heterocycles. The Kier molecular flexibility index (Phi) is 10.2. The first-order chi connectivity index (χ1) is 16.9. The fourth-order valence-electron chi connectivity index (χ4n) is 3.61. The molecule has 5 nitrogen and oxygen atoms in total. The zero-order valence-electron chi connectivity index (χ0n) is 19.9. The number of rotatable bonds is 11.